The molecule has 1 unspecified atom stereocenters. The van der Waals surface area contributed by atoms with E-state index in [2.05, 4.69) is 4.52 Å². The van der Waals surface area contributed by atoms with Crippen LogP contribution in [-0.2, 0) is 18.8 Å². The Morgan fingerprint density at radius 3 is 2.43 bits per heavy atom. The molecule has 0 aliphatic carbocycles. The first-order valence-corrected chi connectivity index (χ1v) is 4.86. The Morgan fingerprint density at radius 1 is 1.43 bits per heavy atom. The third kappa shape index (κ3) is 4.53. The van der Waals surface area contributed by atoms with Crippen molar-refractivity contribution < 1.29 is 18.8 Å². The van der Waals surface area contributed by atoms with Gasteiger partial charge in [0.05, 0.1) is 9.47 Å². The van der Waals surface area contributed by atoms with E-state index in [1.165, 1.54) is 6.92 Å². The monoisotopic (exact) mass is 221 g/mol. The maximum Gasteiger partial charge on any atom is 0.349 e. The predicted octanol–water partition coefficient (Wildman–Crippen LogP) is 0.379. The second-order valence-corrected chi connectivity index (χ2v) is 3.15. The third-order valence-electron chi connectivity index (χ3n) is 1.64. The lowest BCUT2D eigenvalue weighted by Gasteiger charge is -2.14. The number of carbonyl (C=O) groups is 2. The van der Waals surface area contributed by atoms with Gasteiger partial charge < -0.3 is 15.0 Å². The molecule has 0 radical (unpaired) electrons. The lowest BCUT2D eigenvalue weighted by atomic mass is 10.2. The van der Waals surface area contributed by atoms with Crippen molar-refractivity contribution in [3.63, 3.8) is 0 Å². The van der Waals surface area contributed by atoms with Crippen molar-refractivity contribution in [2.75, 3.05) is 0 Å². The van der Waals surface area contributed by atoms with Gasteiger partial charge in [-0.3, -0.25) is 4.79 Å². The number of ether oxygens (including phenoxy) is 1. The highest BCUT2D eigenvalue weighted by atomic mass is 31.0. The minimum Gasteiger partial charge on any atom is -0.449 e. The molecule has 5 nitrogen and oxygen atoms in total. The highest BCUT2D eigenvalue weighted by Crippen LogP contribution is 2.02. The van der Waals surface area contributed by atoms with Crippen molar-refractivity contribution in [2.24, 2.45) is 5.73 Å². The molecule has 0 aromatic carbocycles. The molecule has 0 aromatic heterocycles. The highest BCUT2D eigenvalue weighted by Gasteiger charge is 2.21. The Bertz CT molecular complexity index is 210. The molecule has 0 aromatic rings. The number of carbonyl (C=O) groups excluding carboxylic acids is 2. The van der Waals surface area contributed by atoms with Crippen molar-refractivity contribution in [1.82, 2.24) is 0 Å². The van der Waals surface area contributed by atoms with Crippen LogP contribution in [0.3, 0.4) is 0 Å². The van der Waals surface area contributed by atoms with Gasteiger partial charge in [0.2, 0.25) is 0 Å². The van der Waals surface area contributed by atoms with Crippen molar-refractivity contribution >= 4 is 21.4 Å². The average molecular weight is 221 g/mol. The summed E-state index contributed by atoms with van der Waals surface area (Å²) < 4.78 is 9.08. The number of hydrogen-bond acceptors (Lipinski definition) is 5. The molecule has 0 fully saturated rings. The zero-order valence-electron chi connectivity index (χ0n) is 8.36. The average Bonchev–Trinajstić information content (AvgIpc) is 2.16. The normalized spacial score (nSPS) is 14.3. The largest absolute Gasteiger partial charge is 0.449 e. The molecule has 2 N–H and O–H groups in total. The maximum absolute atomic E-state index is 11.2. The molecular weight excluding hydrogens is 205 g/mol. The summed E-state index contributed by atoms with van der Waals surface area (Å²) in [5.41, 5.74) is 5.49. The standard InChI is InChI=1S/C8H16NO4P/c1-3-4-6(9)8(11)12-5(2)7(10)13-14/h5-6H,3-4,9,14H2,1-2H3/t5-,6-/m0/s1. The maximum atomic E-state index is 11.2. The van der Waals surface area contributed by atoms with Gasteiger partial charge in [0.25, 0.3) is 0 Å². The molecule has 6 heteroatoms. The predicted molar refractivity (Wildman–Crippen MR) is 54.2 cm³/mol. The molecule has 3 atom stereocenters. The van der Waals surface area contributed by atoms with Gasteiger partial charge in [0.1, 0.15) is 6.04 Å². The van der Waals surface area contributed by atoms with Crippen LogP contribution in [0.5, 0.6) is 0 Å². The van der Waals surface area contributed by atoms with E-state index in [9.17, 15) is 9.59 Å². The third-order valence-corrected chi connectivity index (χ3v) is 1.88. The Balaban J connectivity index is 3.98. The van der Waals surface area contributed by atoms with Crippen LogP contribution in [0, 0.1) is 0 Å². The molecule has 0 aliphatic rings. The first kappa shape index (κ1) is 13.3. The number of rotatable bonds is 5. The van der Waals surface area contributed by atoms with E-state index in [0.717, 1.165) is 6.42 Å². The van der Waals surface area contributed by atoms with Crippen LogP contribution in [-0.4, -0.2) is 24.1 Å². The van der Waals surface area contributed by atoms with Crippen LogP contribution in [0.15, 0.2) is 0 Å². The van der Waals surface area contributed by atoms with Gasteiger partial charge in [-0.15, -0.1) is 0 Å². The summed E-state index contributed by atoms with van der Waals surface area (Å²) in [5.74, 6) is -1.19. The molecule has 0 saturated carbocycles. The van der Waals surface area contributed by atoms with Crippen LogP contribution in [0.2, 0.25) is 0 Å². The fourth-order valence-electron chi connectivity index (χ4n) is 0.834. The summed E-state index contributed by atoms with van der Waals surface area (Å²) >= 11 is 0. The van der Waals surface area contributed by atoms with Gasteiger partial charge in [-0.25, -0.2) is 4.79 Å². The topological polar surface area (TPSA) is 78.6 Å². The second-order valence-electron chi connectivity index (χ2n) is 2.91. The number of esters is 1. The van der Waals surface area contributed by atoms with Crippen molar-refractivity contribution in [1.29, 1.82) is 0 Å². The summed E-state index contributed by atoms with van der Waals surface area (Å²) in [6.07, 6.45) is 0.420. The van der Waals surface area contributed by atoms with E-state index in [-0.39, 0.29) is 0 Å². The SMILES string of the molecule is CCC[C@H](N)C(=O)O[C@@H](C)C(=O)OP. The lowest BCUT2D eigenvalue weighted by molar-refractivity contribution is -0.161. The number of hydrogen-bond donors (Lipinski definition) is 1. The van der Waals surface area contributed by atoms with Gasteiger partial charge in [0, 0.05) is 0 Å². The van der Waals surface area contributed by atoms with Gasteiger partial charge in [0.15, 0.2) is 6.10 Å². The molecule has 0 spiro atoms. The van der Waals surface area contributed by atoms with Crippen LogP contribution < -0.4 is 5.73 Å². The van der Waals surface area contributed by atoms with E-state index >= 15 is 0 Å². The first-order chi connectivity index (χ1) is 6.52. The van der Waals surface area contributed by atoms with E-state index in [0.29, 0.717) is 6.42 Å². The fourth-order valence-corrected chi connectivity index (χ4v) is 1.03. The molecule has 0 aliphatic heterocycles. The van der Waals surface area contributed by atoms with Crippen LogP contribution in [0.25, 0.3) is 0 Å². The summed E-state index contributed by atoms with van der Waals surface area (Å²) in [6, 6.07) is -0.667. The molecule has 0 saturated heterocycles. The van der Waals surface area contributed by atoms with Gasteiger partial charge in [-0.1, -0.05) is 13.3 Å². The molecule has 14 heavy (non-hydrogen) atoms. The van der Waals surface area contributed by atoms with Crippen LogP contribution >= 0.6 is 9.47 Å². The van der Waals surface area contributed by atoms with Crippen molar-refractivity contribution in [3.05, 3.63) is 0 Å². The molecular formula is C8H16NO4P. The van der Waals surface area contributed by atoms with Crippen molar-refractivity contribution in [3.8, 4) is 0 Å². The lowest BCUT2D eigenvalue weighted by Crippen LogP contribution is -2.36. The molecule has 0 heterocycles. The van der Waals surface area contributed by atoms with Gasteiger partial charge in [-0.05, 0) is 13.3 Å². The van der Waals surface area contributed by atoms with E-state index in [1.807, 2.05) is 6.92 Å². The smallest absolute Gasteiger partial charge is 0.349 e. The van der Waals surface area contributed by atoms with E-state index in [4.69, 9.17) is 10.5 Å². The molecule has 0 rings (SSSR count). The minimum absolute atomic E-state index is 0.543. The fraction of sp³-hybridized carbons (Fsp3) is 0.750. The van der Waals surface area contributed by atoms with Gasteiger partial charge >= 0.3 is 11.9 Å². The van der Waals surface area contributed by atoms with Crippen LogP contribution in [0.1, 0.15) is 26.7 Å². The Kier molecular flexibility index (Phi) is 6.41. The molecule has 82 valence electrons. The van der Waals surface area contributed by atoms with Gasteiger partial charge in [-0.2, -0.15) is 0 Å². The molecule has 0 bridgehead atoms. The summed E-state index contributed by atoms with van der Waals surface area (Å²) in [7, 11) is 1.80. The van der Waals surface area contributed by atoms with Crippen LogP contribution in [0.4, 0.5) is 0 Å². The minimum atomic E-state index is -0.914. The molecule has 0 amide bonds. The van der Waals surface area contributed by atoms with Crippen molar-refractivity contribution in [2.45, 2.75) is 38.8 Å². The quantitative estimate of drug-likeness (QED) is 0.536. The van der Waals surface area contributed by atoms with E-state index in [1.54, 1.807) is 9.47 Å². The number of nitrogens with two attached hydrogens (primary N) is 1. The second kappa shape index (κ2) is 6.74. The summed E-state index contributed by atoms with van der Waals surface area (Å²) in [5, 5.41) is 0. The zero-order valence-corrected chi connectivity index (χ0v) is 9.51. The zero-order chi connectivity index (χ0) is 11.1. The van der Waals surface area contributed by atoms with E-state index < -0.39 is 24.1 Å². The Morgan fingerprint density at radius 2 is 2.00 bits per heavy atom. The Hall–Kier alpha value is -0.670. The highest BCUT2D eigenvalue weighted by molar-refractivity contribution is 7.10. The first-order valence-electron chi connectivity index (χ1n) is 4.39. The Labute approximate surface area is 85.6 Å². The summed E-state index contributed by atoms with van der Waals surface area (Å²) in [6.45, 7) is 3.34. The summed E-state index contributed by atoms with van der Waals surface area (Å²) in [4.78, 5) is 22.1.